The molecule has 22 heavy (non-hydrogen) atoms. The minimum absolute atomic E-state index is 0.0351. The number of nitrogens with zero attached hydrogens (tertiary/aromatic N) is 1. The van der Waals surface area contributed by atoms with Gasteiger partial charge in [0.05, 0.1) is 5.52 Å². The Balaban J connectivity index is 1.77. The van der Waals surface area contributed by atoms with Gasteiger partial charge in [0, 0.05) is 28.8 Å². The summed E-state index contributed by atoms with van der Waals surface area (Å²) < 4.78 is 10.7. The Kier molecular flexibility index (Phi) is 2.82. The number of carbonyl (C=O) groups excluding carboxylic acids is 1. The van der Waals surface area contributed by atoms with E-state index in [0.717, 1.165) is 16.5 Å². The molecule has 0 atom stereocenters. The molecule has 4 heteroatoms. The van der Waals surface area contributed by atoms with Gasteiger partial charge in [-0.05, 0) is 19.1 Å². The number of aromatic nitrogens is 1. The molecular formula is C18H13NO3. The van der Waals surface area contributed by atoms with E-state index in [1.165, 1.54) is 0 Å². The number of ether oxygens (including phenoxy) is 2. The molecule has 0 radical (unpaired) electrons. The third-order valence-electron chi connectivity index (χ3n) is 3.75. The average Bonchev–Trinajstić information content (AvgIpc) is 2.99. The predicted molar refractivity (Wildman–Crippen MR) is 82.5 cm³/mol. The number of aryl methyl sites for hydroxylation is 1. The molecule has 0 fully saturated rings. The van der Waals surface area contributed by atoms with Gasteiger partial charge in [0.2, 0.25) is 6.79 Å². The van der Waals surface area contributed by atoms with Crippen LogP contribution in [0.1, 0.15) is 21.5 Å². The average molecular weight is 291 g/mol. The van der Waals surface area contributed by atoms with E-state index in [4.69, 9.17) is 9.47 Å². The molecule has 2 aromatic carbocycles. The van der Waals surface area contributed by atoms with Gasteiger partial charge in [-0.2, -0.15) is 0 Å². The van der Waals surface area contributed by atoms with Gasteiger partial charge >= 0.3 is 0 Å². The summed E-state index contributed by atoms with van der Waals surface area (Å²) in [6.45, 7) is 2.22. The zero-order valence-corrected chi connectivity index (χ0v) is 12.0. The molecule has 1 aliphatic heterocycles. The lowest BCUT2D eigenvalue weighted by molar-refractivity contribution is 0.103. The summed E-state index contributed by atoms with van der Waals surface area (Å²) in [6.07, 6.45) is 1.60. The van der Waals surface area contributed by atoms with Crippen LogP contribution in [0.2, 0.25) is 0 Å². The highest BCUT2D eigenvalue weighted by Crippen LogP contribution is 2.35. The molecule has 1 aliphatic rings. The van der Waals surface area contributed by atoms with E-state index >= 15 is 0 Å². The quantitative estimate of drug-likeness (QED) is 0.678. The highest BCUT2D eigenvalue weighted by atomic mass is 16.7. The lowest BCUT2D eigenvalue weighted by atomic mass is 10.0. The lowest BCUT2D eigenvalue weighted by Gasteiger charge is -2.05. The fourth-order valence-corrected chi connectivity index (χ4v) is 2.51. The van der Waals surface area contributed by atoms with Crippen LogP contribution in [0.25, 0.3) is 10.9 Å². The second kappa shape index (κ2) is 4.84. The Morgan fingerprint density at radius 3 is 2.50 bits per heavy atom. The fourth-order valence-electron chi connectivity index (χ4n) is 2.51. The molecule has 0 aliphatic carbocycles. The predicted octanol–water partition coefficient (Wildman–Crippen LogP) is 3.50. The smallest absolute Gasteiger partial charge is 0.231 e. The first-order valence-corrected chi connectivity index (χ1v) is 7.01. The van der Waals surface area contributed by atoms with Gasteiger partial charge in [-0.3, -0.25) is 9.78 Å². The third kappa shape index (κ3) is 2.09. The molecule has 1 aromatic heterocycles. The van der Waals surface area contributed by atoms with Gasteiger partial charge in [0.25, 0.3) is 0 Å². The number of carbonyl (C=O) groups is 1. The van der Waals surface area contributed by atoms with Gasteiger partial charge in [-0.15, -0.1) is 0 Å². The van der Waals surface area contributed by atoms with Crippen LogP contribution in [0.3, 0.4) is 0 Å². The van der Waals surface area contributed by atoms with Crippen molar-refractivity contribution in [2.75, 3.05) is 6.79 Å². The Bertz CT molecular complexity index is 885. The second-order valence-electron chi connectivity index (χ2n) is 5.32. The number of hydrogen-bond acceptors (Lipinski definition) is 4. The zero-order chi connectivity index (χ0) is 15.1. The van der Waals surface area contributed by atoms with E-state index in [-0.39, 0.29) is 12.6 Å². The molecule has 2 heterocycles. The van der Waals surface area contributed by atoms with Gasteiger partial charge in [-0.1, -0.05) is 29.8 Å². The molecule has 108 valence electrons. The third-order valence-corrected chi connectivity index (χ3v) is 3.75. The molecule has 3 aromatic rings. The Morgan fingerprint density at radius 1 is 1.00 bits per heavy atom. The standard InChI is InChI=1S/C18H13NO3/c1-11-2-4-12(5-3-11)18(20)14-6-13-7-16-17(22-10-21-16)8-15(13)19-9-14/h2-9H,10H2,1H3. The maximum absolute atomic E-state index is 12.5. The van der Waals surface area contributed by atoms with Crippen molar-refractivity contribution in [2.45, 2.75) is 6.92 Å². The van der Waals surface area contributed by atoms with E-state index in [2.05, 4.69) is 4.98 Å². The summed E-state index contributed by atoms with van der Waals surface area (Å²) in [6, 6.07) is 13.1. The monoisotopic (exact) mass is 291 g/mol. The van der Waals surface area contributed by atoms with Crippen LogP contribution in [-0.4, -0.2) is 17.6 Å². The van der Waals surface area contributed by atoms with Gasteiger partial charge in [-0.25, -0.2) is 0 Å². The van der Waals surface area contributed by atoms with Crippen LogP contribution in [0.15, 0.2) is 48.7 Å². The number of rotatable bonds is 2. The van der Waals surface area contributed by atoms with Gasteiger partial charge in [0.1, 0.15) is 0 Å². The van der Waals surface area contributed by atoms with Crippen LogP contribution in [-0.2, 0) is 0 Å². The molecule has 4 rings (SSSR count). The number of hydrogen-bond donors (Lipinski definition) is 0. The van der Waals surface area contributed by atoms with Crippen molar-refractivity contribution >= 4 is 16.7 Å². The first-order chi connectivity index (χ1) is 10.7. The number of pyridine rings is 1. The SMILES string of the molecule is Cc1ccc(C(=O)c2cnc3cc4c(cc3c2)OCO4)cc1. The Hall–Kier alpha value is -2.88. The number of benzene rings is 2. The highest BCUT2D eigenvalue weighted by Gasteiger charge is 2.16. The van der Waals surface area contributed by atoms with Crippen molar-refractivity contribution in [3.05, 3.63) is 65.4 Å². The van der Waals surface area contributed by atoms with Crippen LogP contribution in [0.4, 0.5) is 0 Å². The van der Waals surface area contributed by atoms with Crippen LogP contribution in [0.5, 0.6) is 11.5 Å². The lowest BCUT2D eigenvalue weighted by Crippen LogP contribution is -2.02. The summed E-state index contributed by atoms with van der Waals surface area (Å²) >= 11 is 0. The van der Waals surface area contributed by atoms with E-state index in [9.17, 15) is 4.79 Å². The highest BCUT2D eigenvalue weighted by molar-refractivity contribution is 6.10. The normalized spacial score (nSPS) is 12.6. The van der Waals surface area contributed by atoms with Crippen LogP contribution in [0, 0.1) is 6.92 Å². The van der Waals surface area contributed by atoms with E-state index in [1.807, 2.05) is 49.4 Å². The molecule has 0 spiro atoms. The summed E-state index contributed by atoms with van der Waals surface area (Å²) in [5.74, 6) is 1.35. The van der Waals surface area contributed by atoms with Gasteiger partial charge < -0.3 is 9.47 Å². The molecular weight excluding hydrogens is 278 g/mol. The molecule has 0 unspecified atom stereocenters. The second-order valence-corrected chi connectivity index (χ2v) is 5.32. The van der Waals surface area contributed by atoms with E-state index in [1.54, 1.807) is 6.20 Å². The first-order valence-electron chi connectivity index (χ1n) is 7.01. The minimum atomic E-state index is -0.0351. The molecule has 0 amide bonds. The molecule has 4 nitrogen and oxygen atoms in total. The van der Waals surface area contributed by atoms with Crippen molar-refractivity contribution in [1.82, 2.24) is 4.98 Å². The summed E-state index contributed by atoms with van der Waals surface area (Å²) in [7, 11) is 0. The number of ketones is 1. The van der Waals surface area contributed by atoms with Crippen molar-refractivity contribution in [3.63, 3.8) is 0 Å². The fraction of sp³-hybridized carbons (Fsp3) is 0.111. The summed E-state index contributed by atoms with van der Waals surface area (Å²) in [5, 5.41) is 0.863. The molecule has 0 N–H and O–H groups in total. The Labute approximate surface area is 127 Å². The van der Waals surface area contributed by atoms with Gasteiger partial charge in [0.15, 0.2) is 17.3 Å². The summed E-state index contributed by atoms with van der Waals surface area (Å²) in [4.78, 5) is 16.9. The maximum atomic E-state index is 12.5. The molecule has 0 saturated heterocycles. The van der Waals surface area contributed by atoms with Crippen LogP contribution < -0.4 is 9.47 Å². The van der Waals surface area contributed by atoms with Crippen molar-refractivity contribution in [2.24, 2.45) is 0 Å². The van der Waals surface area contributed by atoms with Crippen LogP contribution >= 0.6 is 0 Å². The van der Waals surface area contributed by atoms with Crippen molar-refractivity contribution in [1.29, 1.82) is 0 Å². The topological polar surface area (TPSA) is 48.4 Å². The molecule has 0 bridgehead atoms. The molecule has 0 saturated carbocycles. The van der Waals surface area contributed by atoms with E-state index in [0.29, 0.717) is 22.6 Å². The minimum Gasteiger partial charge on any atom is -0.454 e. The number of fused-ring (bicyclic) bond motifs is 2. The van der Waals surface area contributed by atoms with Crippen molar-refractivity contribution < 1.29 is 14.3 Å². The van der Waals surface area contributed by atoms with E-state index < -0.39 is 0 Å². The first kappa shape index (κ1) is 12.8. The zero-order valence-electron chi connectivity index (χ0n) is 12.0. The summed E-state index contributed by atoms with van der Waals surface area (Å²) in [5.41, 5.74) is 3.13. The maximum Gasteiger partial charge on any atom is 0.231 e. The largest absolute Gasteiger partial charge is 0.454 e. The Morgan fingerprint density at radius 2 is 1.73 bits per heavy atom. The van der Waals surface area contributed by atoms with Crippen molar-refractivity contribution in [3.8, 4) is 11.5 Å².